The molecule has 1 aromatic heterocycles. The third-order valence-corrected chi connectivity index (χ3v) is 7.32. The van der Waals surface area contributed by atoms with Gasteiger partial charge in [-0.15, -0.1) is 11.3 Å². The molecule has 1 atom stereocenters. The van der Waals surface area contributed by atoms with Crippen molar-refractivity contribution in [3.05, 3.63) is 64.0 Å². The highest BCUT2D eigenvalue weighted by atomic mass is 32.1. The fourth-order valence-corrected chi connectivity index (χ4v) is 5.72. The van der Waals surface area contributed by atoms with Crippen LogP contribution in [0.2, 0.25) is 0 Å². The van der Waals surface area contributed by atoms with Gasteiger partial charge in [-0.2, -0.15) is 0 Å². The van der Waals surface area contributed by atoms with E-state index in [1.807, 2.05) is 36.1 Å². The number of rotatable bonds is 7. The van der Waals surface area contributed by atoms with E-state index in [4.69, 9.17) is 10.5 Å². The van der Waals surface area contributed by atoms with Crippen molar-refractivity contribution in [2.45, 2.75) is 38.5 Å². The van der Waals surface area contributed by atoms with E-state index in [0.29, 0.717) is 17.8 Å². The van der Waals surface area contributed by atoms with Crippen LogP contribution in [0.3, 0.4) is 0 Å². The largest absolute Gasteiger partial charge is 0.496 e. The number of carbonyl (C=O) groups excluding carboxylic acids is 2. The van der Waals surface area contributed by atoms with Crippen molar-refractivity contribution in [2.75, 3.05) is 20.2 Å². The maximum absolute atomic E-state index is 12.8. The molecule has 1 saturated heterocycles. The van der Waals surface area contributed by atoms with Crippen LogP contribution in [-0.2, 0) is 11.2 Å². The van der Waals surface area contributed by atoms with E-state index in [1.165, 1.54) is 16.9 Å². The van der Waals surface area contributed by atoms with Crippen molar-refractivity contribution in [1.29, 1.82) is 0 Å². The van der Waals surface area contributed by atoms with Crippen molar-refractivity contribution in [1.82, 2.24) is 4.90 Å². The van der Waals surface area contributed by atoms with Crippen LogP contribution in [0.25, 0.3) is 10.1 Å². The number of methoxy groups -OCH3 is 1. The van der Waals surface area contributed by atoms with E-state index in [-0.39, 0.29) is 17.7 Å². The minimum atomic E-state index is -0.379. The molecule has 1 fully saturated rings. The summed E-state index contributed by atoms with van der Waals surface area (Å²) in [6, 6.07) is 14.2. The summed E-state index contributed by atoms with van der Waals surface area (Å²) in [7, 11) is 1.68. The zero-order valence-electron chi connectivity index (χ0n) is 18.0. The highest BCUT2D eigenvalue weighted by molar-refractivity contribution is 7.21. The normalized spacial score (nSPS) is 16.1. The number of aryl methyl sites for hydroxylation is 2. The Morgan fingerprint density at radius 2 is 2.03 bits per heavy atom. The molecule has 0 aliphatic carbocycles. The summed E-state index contributed by atoms with van der Waals surface area (Å²) < 4.78 is 6.39. The van der Waals surface area contributed by atoms with Crippen LogP contribution in [0.4, 0.5) is 0 Å². The quantitative estimate of drug-likeness (QED) is 0.586. The second-order valence-electron chi connectivity index (χ2n) is 8.19. The summed E-state index contributed by atoms with van der Waals surface area (Å²) in [6.07, 6.45) is 3.09. The Kier molecular flexibility index (Phi) is 6.28. The SMILES string of the molecule is COc1ccc(CCCC(=O)N2CC[C@H](c3c(C(N)=O)sc4ccccc34)C2)cc1C. The number of nitrogens with two attached hydrogens (primary N) is 1. The fraction of sp³-hybridized carbons (Fsp3) is 0.360. The first-order valence-corrected chi connectivity index (χ1v) is 11.5. The van der Waals surface area contributed by atoms with Gasteiger partial charge in [0.25, 0.3) is 5.91 Å². The number of hydrogen-bond acceptors (Lipinski definition) is 4. The maximum Gasteiger partial charge on any atom is 0.259 e. The summed E-state index contributed by atoms with van der Waals surface area (Å²) >= 11 is 1.46. The van der Waals surface area contributed by atoms with Crippen LogP contribution in [0.5, 0.6) is 5.75 Å². The molecule has 6 heteroatoms. The molecule has 1 aliphatic rings. The molecule has 0 saturated carbocycles. The Hall–Kier alpha value is -2.86. The van der Waals surface area contributed by atoms with E-state index in [0.717, 1.165) is 52.8 Å². The molecule has 0 radical (unpaired) electrons. The van der Waals surface area contributed by atoms with Gasteiger partial charge < -0.3 is 15.4 Å². The number of likely N-dealkylation sites (tertiary alicyclic amines) is 1. The van der Waals surface area contributed by atoms with Gasteiger partial charge >= 0.3 is 0 Å². The number of amides is 2. The standard InChI is InChI=1S/C25H28N2O3S/c1-16-14-17(10-11-20(16)30-2)6-5-9-22(28)27-13-12-18(15-27)23-19-7-3-4-8-21(19)31-24(23)25(26)29/h3-4,7-8,10-11,14,18H,5-6,9,12-13,15H2,1-2H3,(H2,26,29)/t18-/m0/s1. The lowest BCUT2D eigenvalue weighted by Crippen LogP contribution is -2.28. The van der Waals surface area contributed by atoms with E-state index < -0.39 is 0 Å². The lowest BCUT2D eigenvalue weighted by molar-refractivity contribution is -0.130. The van der Waals surface area contributed by atoms with Gasteiger partial charge in [0.05, 0.1) is 12.0 Å². The van der Waals surface area contributed by atoms with E-state index in [1.54, 1.807) is 7.11 Å². The van der Waals surface area contributed by atoms with Crippen molar-refractivity contribution in [2.24, 2.45) is 5.73 Å². The van der Waals surface area contributed by atoms with Crippen molar-refractivity contribution in [3.8, 4) is 5.75 Å². The second kappa shape index (κ2) is 9.10. The van der Waals surface area contributed by atoms with Gasteiger partial charge in [-0.25, -0.2) is 0 Å². The second-order valence-corrected chi connectivity index (χ2v) is 9.24. The Morgan fingerprint density at radius 1 is 1.23 bits per heavy atom. The molecule has 2 amide bonds. The molecule has 5 nitrogen and oxygen atoms in total. The zero-order chi connectivity index (χ0) is 22.0. The Bertz CT molecular complexity index is 1120. The number of ether oxygens (including phenoxy) is 1. The summed E-state index contributed by atoms with van der Waals surface area (Å²) in [4.78, 5) is 27.4. The maximum atomic E-state index is 12.8. The molecule has 2 N–H and O–H groups in total. The van der Waals surface area contributed by atoms with Gasteiger partial charge in [0.1, 0.15) is 5.75 Å². The average molecular weight is 437 g/mol. The molecule has 0 bridgehead atoms. The summed E-state index contributed by atoms with van der Waals surface area (Å²) in [6.45, 7) is 3.42. The molecule has 2 aromatic carbocycles. The molecule has 31 heavy (non-hydrogen) atoms. The van der Waals surface area contributed by atoms with Gasteiger partial charge in [-0.3, -0.25) is 9.59 Å². The van der Waals surface area contributed by atoms with Gasteiger partial charge in [0.15, 0.2) is 0 Å². The Balaban J connectivity index is 1.38. The number of carbonyl (C=O) groups is 2. The third-order valence-electron chi connectivity index (χ3n) is 6.12. The van der Waals surface area contributed by atoms with Crippen LogP contribution in [0, 0.1) is 6.92 Å². The van der Waals surface area contributed by atoms with E-state index in [9.17, 15) is 9.59 Å². The zero-order valence-corrected chi connectivity index (χ0v) is 18.8. The average Bonchev–Trinajstić information content (AvgIpc) is 3.38. The monoisotopic (exact) mass is 436 g/mol. The highest BCUT2D eigenvalue weighted by Crippen LogP contribution is 2.40. The van der Waals surface area contributed by atoms with Gasteiger partial charge in [-0.05, 0) is 60.4 Å². The minimum absolute atomic E-state index is 0.159. The number of fused-ring (bicyclic) bond motifs is 1. The first-order chi connectivity index (χ1) is 15.0. The Labute approximate surface area is 186 Å². The number of nitrogens with zero attached hydrogens (tertiary/aromatic N) is 1. The predicted octanol–water partition coefficient (Wildman–Crippen LogP) is 4.66. The highest BCUT2D eigenvalue weighted by Gasteiger charge is 2.31. The summed E-state index contributed by atoms with van der Waals surface area (Å²) in [5, 5.41) is 1.09. The molecule has 2 heterocycles. The molecule has 4 rings (SSSR count). The third kappa shape index (κ3) is 4.44. The fourth-order valence-electron chi connectivity index (χ4n) is 4.57. The molecule has 0 unspecified atom stereocenters. The smallest absolute Gasteiger partial charge is 0.259 e. The van der Waals surface area contributed by atoms with E-state index >= 15 is 0 Å². The van der Waals surface area contributed by atoms with Gasteiger partial charge in [0, 0.05) is 30.1 Å². The summed E-state index contributed by atoms with van der Waals surface area (Å²) in [5.41, 5.74) is 9.03. The van der Waals surface area contributed by atoms with Crippen LogP contribution in [-0.4, -0.2) is 36.9 Å². The topological polar surface area (TPSA) is 72.6 Å². The number of hydrogen-bond donors (Lipinski definition) is 1. The lowest BCUT2D eigenvalue weighted by atomic mass is 9.95. The van der Waals surface area contributed by atoms with Crippen molar-refractivity contribution >= 4 is 33.2 Å². The minimum Gasteiger partial charge on any atom is -0.496 e. The molecule has 0 spiro atoms. The van der Waals surface area contributed by atoms with Gasteiger partial charge in [0.2, 0.25) is 5.91 Å². The van der Waals surface area contributed by atoms with Crippen LogP contribution in [0.1, 0.15) is 51.5 Å². The number of thiophene rings is 1. The van der Waals surface area contributed by atoms with Crippen LogP contribution in [0.15, 0.2) is 42.5 Å². The molecule has 1 aliphatic heterocycles. The number of benzene rings is 2. The van der Waals surface area contributed by atoms with Gasteiger partial charge in [-0.1, -0.05) is 30.3 Å². The van der Waals surface area contributed by atoms with Crippen molar-refractivity contribution in [3.63, 3.8) is 0 Å². The predicted molar refractivity (Wildman–Crippen MR) is 125 cm³/mol. The molecular weight excluding hydrogens is 408 g/mol. The first-order valence-electron chi connectivity index (χ1n) is 10.7. The van der Waals surface area contributed by atoms with Crippen molar-refractivity contribution < 1.29 is 14.3 Å². The molecule has 3 aromatic rings. The van der Waals surface area contributed by atoms with Crippen LogP contribution < -0.4 is 10.5 Å². The van der Waals surface area contributed by atoms with Crippen LogP contribution >= 0.6 is 11.3 Å². The Morgan fingerprint density at radius 3 is 2.77 bits per heavy atom. The lowest BCUT2D eigenvalue weighted by Gasteiger charge is -2.17. The first kappa shape index (κ1) is 21.4. The summed E-state index contributed by atoms with van der Waals surface area (Å²) in [5.74, 6) is 0.856. The molecule has 162 valence electrons. The molecular formula is C25H28N2O3S. The number of primary amides is 1. The van der Waals surface area contributed by atoms with E-state index in [2.05, 4.69) is 18.2 Å².